The van der Waals surface area contributed by atoms with E-state index in [0.717, 1.165) is 25.0 Å². The lowest BCUT2D eigenvalue weighted by molar-refractivity contribution is -0.127. The number of ketones is 2. The molecule has 0 spiro atoms. The molecule has 4 atom stereocenters. The van der Waals surface area contributed by atoms with Gasteiger partial charge in [-0.3, -0.25) is 28.8 Å². The van der Waals surface area contributed by atoms with Crippen molar-refractivity contribution in [3.8, 4) is 11.5 Å². The first kappa shape index (κ1) is 54.5. The van der Waals surface area contributed by atoms with Crippen molar-refractivity contribution < 1.29 is 38.2 Å². The molecule has 0 heterocycles. The Morgan fingerprint density at radius 2 is 0.971 bits per heavy atom. The van der Waals surface area contributed by atoms with Crippen LogP contribution in [-0.4, -0.2) is 60.5 Å². The topological polar surface area (TPSA) is 218 Å². The highest BCUT2D eigenvalue weighted by Crippen LogP contribution is 2.34. The van der Waals surface area contributed by atoms with Gasteiger partial charge in [0.15, 0.2) is 11.6 Å². The van der Waals surface area contributed by atoms with Crippen LogP contribution in [0.1, 0.15) is 89.7 Å². The van der Waals surface area contributed by atoms with E-state index in [4.69, 9.17) is 67.5 Å². The van der Waals surface area contributed by atoms with E-state index in [1.807, 2.05) is 13.8 Å². The number of hydrogen-bond acceptors (Lipinski definition) is 12. The molecule has 0 fully saturated rings. The SMILES string of the molecule is CCOc1cc(NC(=O)c2cc(Cl)cc(N=NC(C(C)=O)C(=O)Nc3ccc(NC(=O)C(N=Nc4cc(Cl)cc(C(=O)Nc5ccc(C(C)Cl)c(OCC)c5)c4)C(C)=O)c(CCl)c3)c2)ccc1C(C)Cl. The van der Waals surface area contributed by atoms with Gasteiger partial charge in [-0.1, -0.05) is 35.3 Å². The summed E-state index contributed by atoms with van der Waals surface area (Å²) in [5, 5.41) is 26.5. The van der Waals surface area contributed by atoms with Crippen LogP contribution in [0.25, 0.3) is 0 Å². The molecule has 21 heteroatoms. The lowest BCUT2D eigenvalue weighted by Gasteiger charge is -2.15. The van der Waals surface area contributed by atoms with Gasteiger partial charge in [0.05, 0.1) is 35.3 Å². The number of nitrogens with one attached hydrogen (secondary N) is 4. The molecule has 0 radical (unpaired) electrons. The van der Waals surface area contributed by atoms with Gasteiger partial charge >= 0.3 is 0 Å². The maximum atomic E-state index is 13.5. The fourth-order valence-electron chi connectivity index (χ4n) is 6.58. The number of Topliss-reactive ketones (excluding diaryl/α,β-unsaturated/α-hetero) is 2. The Balaban J connectivity index is 1.25. The first-order chi connectivity index (χ1) is 33.3. The number of alkyl halides is 3. The molecule has 0 saturated heterocycles. The first-order valence-corrected chi connectivity index (χ1v) is 23.7. The summed E-state index contributed by atoms with van der Waals surface area (Å²) in [4.78, 5) is 78.8. The Bertz CT molecular complexity index is 2860. The van der Waals surface area contributed by atoms with Crippen molar-refractivity contribution in [2.24, 2.45) is 20.5 Å². The number of carbonyl (C=O) groups excluding carboxylic acids is 6. The van der Waals surface area contributed by atoms with E-state index >= 15 is 0 Å². The number of azo groups is 2. The van der Waals surface area contributed by atoms with Gasteiger partial charge < -0.3 is 30.7 Å². The third kappa shape index (κ3) is 15.0. The lowest BCUT2D eigenvalue weighted by atomic mass is 10.1. The quantitative estimate of drug-likeness (QED) is 0.0314. The zero-order valence-electron chi connectivity index (χ0n) is 38.5. The average molecular weight is 1050 g/mol. The van der Waals surface area contributed by atoms with Gasteiger partial charge in [0.2, 0.25) is 12.1 Å². The van der Waals surface area contributed by atoms with Crippen LogP contribution in [0.2, 0.25) is 10.0 Å². The molecule has 0 aliphatic rings. The summed E-state index contributed by atoms with van der Waals surface area (Å²) >= 11 is 31.5. The monoisotopic (exact) mass is 1050 g/mol. The van der Waals surface area contributed by atoms with E-state index < -0.39 is 47.3 Å². The number of rotatable bonds is 21. The Kier molecular flexibility index (Phi) is 19.8. The second kappa shape index (κ2) is 25.4. The van der Waals surface area contributed by atoms with E-state index in [9.17, 15) is 28.8 Å². The zero-order chi connectivity index (χ0) is 51.2. The van der Waals surface area contributed by atoms with Crippen LogP contribution in [0.5, 0.6) is 11.5 Å². The second-order valence-corrected chi connectivity index (χ2v) is 17.8. The third-order valence-electron chi connectivity index (χ3n) is 9.91. The van der Waals surface area contributed by atoms with Crippen molar-refractivity contribution in [3.05, 3.63) is 129 Å². The van der Waals surface area contributed by atoms with Gasteiger partial charge in [-0.05, 0) is 114 Å². The first-order valence-electron chi connectivity index (χ1n) is 21.5. The van der Waals surface area contributed by atoms with Crippen molar-refractivity contribution in [2.45, 2.75) is 70.3 Å². The van der Waals surface area contributed by atoms with Gasteiger partial charge in [-0.2, -0.15) is 20.5 Å². The normalized spacial score (nSPS) is 13.0. The molecule has 16 nitrogen and oxygen atoms in total. The molecular weight excluding hydrogens is 1010 g/mol. The molecule has 4 N–H and O–H groups in total. The molecule has 4 amide bonds. The number of hydrogen-bond donors (Lipinski definition) is 4. The van der Waals surface area contributed by atoms with Crippen molar-refractivity contribution in [3.63, 3.8) is 0 Å². The number of nitrogens with zero attached hydrogens (tertiary/aromatic N) is 4. The molecule has 366 valence electrons. The van der Waals surface area contributed by atoms with Gasteiger partial charge in [-0.15, -0.1) is 34.8 Å². The number of anilines is 4. The fraction of sp³-hybridized carbons (Fsp3) is 0.265. The van der Waals surface area contributed by atoms with Crippen LogP contribution in [0, 0.1) is 0 Å². The summed E-state index contributed by atoms with van der Waals surface area (Å²) in [6, 6.07) is 19.6. The Morgan fingerprint density at radius 1 is 0.557 bits per heavy atom. The lowest BCUT2D eigenvalue weighted by Crippen LogP contribution is -2.32. The number of benzene rings is 5. The standard InChI is InChI=1S/C49H47Cl5N8O8/c1-7-69-42-22-35(9-12-39(42)25(3)51)55-46(65)29-15-32(53)20-37(17-29)59-61-44(27(5)63)48(67)57-34-11-14-41(31(19-34)24-50)58-49(68)45(28(6)64)62-60-38-18-30(16-33(54)21-38)47(66)56-36-10-13-40(26(4)52)43(23-36)70-8-2/h9-23,25-26,44-45H,7-8,24H2,1-6H3,(H,55,65)(H,56,66)(H,57,67)(H,58,68). The van der Waals surface area contributed by atoms with Crippen LogP contribution in [-0.2, 0) is 25.1 Å². The molecule has 4 unspecified atom stereocenters. The minimum Gasteiger partial charge on any atom is -0.493 e. The second-order valence-electron chi connectivity index (χ2n) is 15.3. The van der Waals surface area contributed by atoms with E-state index in [2.05, 4.69) is 41.7 Å². The summed E-state index contributed by atoms with van der Waals surface area (Å²) < 4.78 is 11.4. The van der Waals surface area contributed by atoms with Crippen molar-refractivity contribution in [1.82, 2.24) is 0 Å². The van der Waals surface area contributed by atoms with E-state index in [-0.39, 0.29) is 60.6 Å². The van der Waals surface area contributed by atoms with Gasteiger partial charge in [0.25, 0.3) is 23.6 Å². The van der Waals surface area contributed by atoms with Crippen LogP contribution in [0.3, 0.4) is 0 Å². The maximum Gasteiger partial charge on any atom is 0.258 e. The number of ether oxygens (including phenoxy) is 2. The molecular formula is C49H47Cl5N8O8. The minimum atomic E-state index is -1.63. The summed E-state index contributed by atoms with van der Waals surface area (Å²) in [6.45, 7) is 10.4. The highest BCUT2D eigenvalue weighted by molar-refractivity contribution is 6.32. The predicted octanol–water partition coefficient (Wildman–Crippen LogP) is 13.0. The summed E-state index contributed by atoms with van der Waals surface area (Å²) in [5.74, 6) is -3.19. The van der Waals surface area contributed by atoms with Gasteiger partial charge in [0, 0.05) is 73.1 Å². The molecule has 5 aromatic rings. The molecule has 5 aromatic carbocycles. The highest BCUT2D eigenvalue weighted by atomic mass is 35.5. The maximum absolute atomic E-state index is 13.5. The third-order valence-corrected chi connectivity index (χ3v) is 11.1. The van der Waals surface area contributed by atoms with Crippen LogP contribution < -0.4 is 30.7 Å². The molecule has 0 aromatic heterocycles. The fourth-order valence-corrected chi connectivity index (χ4v) is 7.62. The van der Waals surface area contributed by atoms with E-state index in [1.54, 1.807) is 50.2 Å². The minimum absolute atomic E-state index is 0.0836. The Labute approximate surface area is 428 Å². The molecule has 0 bridgehead atoms. The summed E-state index contributed by atoms with van der Waals surface area (Å²) in [7, 11) is 0. The number of carbonyl (C=O) groups is 6. The Hall–Kier alpha value is -6.43. The molecule has 0 aliphatic carbocycles. The molecule has 5 rings (SSSR count). The number of amides is 4. The zero-order valence-corrected chi connectivity index (χ0v) is 42.3. The van der Waals surface area contributed by atoms with Gasteiger partial charge in [-0.25, -0.2) is 0 Å². The van der Waals surface area contributed by atoms with Crippen molar-refractivity contribution in [2.75, 3.05) is 34.5 Å². The summed E-state index contributed by atoms with van der Waals surface area (Å²) in [6.07, 6.45) is 0. The van der Waals surface area contributed by atoms with Crippen LogP contribution in [0.15, 0.2) is 111 Å². The Morgan fingerprint density at radius 3 is 1.37 bits per heavy atom. The molecule has 70 heavy (non-hydrogen) atoms. The molecule has 0 aliphatic heterocycles. The number of halogens is 5. The van der Waals surface area contributed by atoms with Crippen LogP contribution in [0.4, 0.5) is 34.1 Å². The van der Waals surface area contributed by atoms with E-state index in [0.29, 0.717) is 41.7 Å². The summed E-state index contributed by atoms with van der Waals surface area (Å²) in [5.41, 5.74) is 3.48. The largest absolute Gasteiger partial charge is 0.493 e. The van der Waals surface area contributed by atoms with Crippen LogP contribution >= 0.6 is 58.0 Å². The van der Waals surface area contributed by atoms with Gasteiger partial charge in [0.1, 0.15) is 11.5 Å². The van der Waals surface area contributed by atoms with Crippen molar-refractivity contribution >= 4 is 127 Å². The van der Waals surface area contributed by atoms with Crippen molar-refractivity contribution in [1.29, 1.82) is 0 Å². The van der Waals surface area contributed by atoms with E-state index in [1.165, 1.54) is 54.6 Å². The molecule has 0 saturated carbocycles. The smallest absolute Gasteiger partial charge is 0.258 e. The average Bonchev–Trinajstić information content (AvgIpc) is 3.29. The predicted molar refractivity (Wildman–Crippen MR) is 274 cm³/mol. The highest BCUT2D eigenvalue weighted by Gasteiger charge is 2.26.